The van der Waals surface area contributed by atoms with Gasteiger partial charge in [0.1, 0.15) is 0 Å². The average Bonchev–Trinajstić information content (AvgIpc) is 2.13. The number of benzene rings is 1. The Morgan fingerprint density at radius 2 is 1.82 bits per heavy atom. The lowest BCUT2D eigenvalue weighted by atomic mass is 10.1. The molecule has 3 nitrogen and oxygen atoms in total. The van der Waals surface area contributed by atoms with Crippen LogP contribution in [0.4, 0.5) is 0 Å². The van der Waals surface area contributed by atoms with Crippen molar-refractivity contribution in [2.45, 2.75) is 51.5 Å². The van der Waals surface area contributed by atoms with Gasteiger partial charge >= 0.3 is 0 Å². The summed E-state index contributed by atoms with van der Waals surface area (Å²) in [6.45, 7) is 9.38. The summed E-state index contributed by atoms with van der Waals surface area (Å²) in [5.74, 6) is 0. The maximum Gasteiger partial charge on any atom is 0.241 e. The molecule has 0 saturated heterocycles. The van der Waals surface area contributed by atoms with Crippen molar-refractivity contribution in [1.29, 1.82) is 0 Å². The van der Waals surface area contributed by atoms with E-state index in [0.717, 1.165) is 17.5 Å². The highest BCUT2D eigenvalue weighted by Crippen LogP contribution is 2.18. The van der Waals surface area contributed by atoms with Gasteiger partial charge < -0.3 is 0 Å². The van der Waals surface area contributed by atoms with E-state index in [0.29, 0.717) is 4.90 Å². The van der Waals surface area contributed by atoms with Crippen molar-refractivity contribution in [3.8, 4) is 0 Å². The molecule has 0 aliphatic carbocycles. The molecule has 17 heavy (non-hydrogen) atoms. The lowest BCUT2D eigenvalue weighted by molar-refractivity contribution is 0.491. The van der Waals surface area contributed by atoms with Crippen LogP contribution in [0.15, 0.2) is 23.1 Å². The van der Waals surface area contributed by atoms with Gasteiger partial charge in [-0.3, -0.25) is 0 Å². The zero-order chi connectivity index (χ0) is 13.3. The van der Waals surface area contributed by atoms with E-state index in [1.54, 1.807) is 6.07 Å². The highest BCUT2D eigenvalue weighted by Gasteiger charge is 2.23. The van der Waals surface area contributed by atoms with E-state index in [2.05, 4.69) is 11.6 Å². The van der Waals surface area contributed by atoms with Crippen molar-refractivity contribution in [1.82, 2.24) is 4.72 Å². The predicted octanol–water partition coefficient (Wildman–Crippen LogP) is 2.63. The van der Waals surface area contributed by atoms with Crippen molar-refractivity contribution in [2.24, 2.45) is 0 Å². The Labute approximate surface area is 104 Å². The van der Waals surface area contributed by atoms with Crippen LogP contribution in [0.1, 0.15) is 38.8 Å². The maximum absolute atomic E-state index is 12.2. The van der Waals surface area contributed by atoms with Crippen LogP contribution in [0.5, 0.6) is 0 Å². The zero-order valence-electron chi connectivity index (χ0n) is 11.2. The van der Waals surface area contributed by atoms with Gasteiger partial charge in [0, 0.05) is 5.54 Å². The van der Waals surface area contributed by atoms with E-state index in [4.69, 9.17) is 0 Å². The van der Waals surface area contributed by atoms with Crippen molar-refractivity contribution in [3.05, 3.63) is 29.3 Å². The van der Waals surface area contributed by atoms with Crippen LogP contribution in [0, 0.1) is 6.92 Å². The quantitative estimate of drug-likeness (QED) is 0.902. The molecule has 1 N–H and O–H groups in total. The highest BCUT2D eigenvalue weighted by molar-refractivity contribution is 7.89. The zero-order valence-corrected chi connectivity index (χ0v) is 12.0. The van der Waals surface area contributed by atoms with Gasteiger partial charge in [-0.25, -0.2) is 13.1 Å². The maximum atomic E-state index is 12.2. The van der Waals surface area contributed by atoms with Crippen LogP contribution in [-0.4, -0.2) is 14.0 Å². The highest BCUT2D eigenvalue weighted by atomic mass is 32.2. The smallest absolute Gasteiger partial charge is 0.207 e. The molecule has 0 saturated carbocycles. The second-order valence-electron chi connectivity index (χ2n) is 5.31. The summed E-state index contributed by atoms with van der Waals surface area (Å²) in [6.07, 6.45) is 0.911. The molecular formula is C13H21NO2S. The normalized spacial score (nSPS) is 12.8. The molecule has 0 aliphatic heterocycles. The van der Waals surface area contributed by atoms with Gasteiger partial charge in [-0.2, -0.15) is 0 Å². The van der Waals surface area contributed by atoms with Crippen LogP contribution in [0.3, 0.4) is 0 Å². The molecule has 0 radical (unpaired) electrons. The predicted molar refractivity (Wildman–Crippen MR) is 70.6 cm³/mol. The Morgan fingerprint density at radius 1 is 1.24 bits per heavy atom. The summed E-state index contributed by atoms with van der Waals surface area (Å²) < 4.78 is 27.0. The van der Waals surface area contributed by atoms with Crippen molar-refractivity contribution < 1.29 is 8.42 Å². The Bertz CT molecular complexity index is 499. The van der Waals surface area contributed by atoms with Crippen LogP contribution in [0.25, 0.3) is 0 Å². The van der Waals surface area contributed by atoms with Crippen LogP contribution in [-0.2, 0) is 16.4 Å². The molecule has 0 spiro atoms. The SMILES string of the molecule is CCc1ccc(S(=O)(=O)NC(C)(C)C)c(C)c1. The fraction of sp³-hybridized carbons (Fsp3) is 0.538. The topological polar surface area (TPSA) is 46.2 Å². The third-order valence-electron chi connectivity index (χ3n) is 2.38. The minimum atomic E-state index is -3.42. The van der Waals surface area contributed by atoms with E-state index in [1.165, 1.54) is 0 Å². The minimum Gasteiger partial charge on any atom is -0.207 e. The molecule has 0 amide bonds. The fourth-order valence-corrected chi connectivity index (χ4v) is 3.34. The summed E-state index contributed by atoms with van der Waals surface area (Å²) in [5.41, 5.74) is 1.48. The molecule has 4 heteroatoms. The van der Waals surface area contributed by atoms with Crippen LogP contribution >= 0.6 is 0 Å². The van der Waals surface area contributed by atoms with E-state index >= 15 is 0 Å². The van der Waals surface area contributed by atoms with Crippen molar-refractivity contribution >= 4 is 10.0 Å². The van der Waals surface area contributed by atoms with Gasteiger partial charge in [-0.05, 0) is 51.3 Å². The first-order valence-electron chi connectivity index (χ1n) is 5.79. The van der Waals surface area contributed by atoms with E-state index in [-0.39, 0.29) is 0 Å². The Morgan fingerprint density at radius 3 is 2.24 bits per heavy atom. The van der Waals surface area contributed by atoms with Gasteiger partial charge in [0.05, 0.1) is 4.90 Å². The first kappa shape index (κ1) is 14.2. The number of nitrogens with one attached hydrogen (secondary N) is 1. The third kappa shape index (κ3) is 3.82. The first-order chi connectivity index (χ1) is 7.65. The van der Waals surface area contributed by atoms with Crippen molar-refractivity contribution in [2.75, 3.05) is 0 Å². The van der Waals surface area contributed by atoms with Gasteiger partial charge in [-0.1, -0.05) is 19.1 Å². The minimum absolute atomic E-state index is 0.365. The molecule has 1 aromatic carbocycles. The van der Waals surface area contributed by atoms with E-state index in [1.807, 2.05) is 39.8 Å². The molecule has 0 aromatic heterocycles. The second-order valence-corrected chi connectivity index (χ2v) is 6.96. The number of sulfonamides is 1. The Balaban J connectivity index is 3.16. The molecule has 1 aromatic rings. The Hall–Kier alpha value is -0.870. The monoisotopic (exact) mass is 255 g/mol. The molecule has 0 fully saturated rings. The third-order valence-corrected chi connectivity index (χ3v) is 4.30. The Kier molecular flexibility index (Phi) is 3.99. The fourth-order valence-electron chi connectivity index (χ4n) is 1.69. The van der Waals surface area contributed by atoms with E-state index in [9.17, 15) is 8.42 Å². The molecule has 0 atom stereocenters. The summed E-state index contributed by atoms with van der Waals surface area (Å²) >= 11 is 0. The van der Waals surface area contributed by atoms with Crippen LogP contribution in [0.2, 0.25) is 0 Å². The second kappa shape index (κ2) is 4.78. The number of hydrogen-bond acceptors (Lipinski definition) is 2. The lowest BCUT2D eigenvalue weighted by Gasteiger charge is -2.21. The molecular weight excluding hydrogens is 234 g/mol. The summed E-state index contributed by atoms with van der Waals surface area (Å²) in [5, 5.41) is 0. The van der Waals surface area contributed by atoms with Gasteiger partial charge in [0.25, 0.3) is 0 Å². The summed E-state index contributed by atoms with van der Waals surface area (Å²) in [6, 6.07) is 5.48. The largest absolute Gasteiger partial charge is 0.241 e. The van der Waals surface area contributed by atoms with Gasteiger partial charge in [0.2, 0.25) is 10.0 Å². The number of rotatable bonds is 3. The van der Waals surface area contributed by atoms with Gasteiger partial charge in [0.15, 0.2) is 0 Å². The van der Waals surface area contributed by atoms with E-state index < -0.39 is 15.6 Å². The molecule has 1 rings (SSSR count). The molecule has 0 aliphatic rings. The van der Waals surface area contributed by atoms with Crippen molar-refractivity contribution in [3.63, 3.8) is 0 Å². The molecule has 0 unspecified atom stereocenters. The number of aryl methyl sites for hydroxylation is 2. The molecule has 0 heterocycles. The lowest BCUT2D eigenvalue weighted by Crippen LogP contribution is -2.40. The summed E-state index contributed by atoms with van der Waals surface area (Å²) in [7, 11) is -3.42. The average molecular weight is 255 g/mol. The molecule has 0 bridgehead atoms. The molecule has 96 valence electrons. The first-order valence-corrected chi connectivity index (χ1v) is 7.27. The van der Waals surface area contributed by atoms with Crippen LogP contribution < -0.4 is 4.72 Å². The standard InChI is InChI=1S/C13H21NO2S/c1-6-11-7-8-12(10(2)9-11)17(15,16)14-13(3,4)5/h7-9,14H,6H2,1-5H3. The van der Waals surface area contributed by atoms with Gasteiger partial charge in [-0.15, -0.1) is 0 Å². The number of hydrogen-bond donors (Lipinski definition) is 1. The summed E-state index contributed by atoms with van der Waals surface area (Å²) in [4.78, 5) is 0.365.